The second-order valence-electron chi connectivity index (χ2n) is 7.18. The third kappa shape index (κ3) is 4.27. The Balaban J connectivity index is 1.82. The number of rotatable bonds is 7. The van der Waals surface area contributed by atoms with E-state index in [2.05, 4.69) is 28.6 Å². The van der Waals surface area contributed by atoms with Gasteiger partial charge in [0.15, 0.2) is 5.43 Å². The molecule has 0 bridgehead atoms. The summed E-state index contributed by atoms with van der Waals surface area (Å²) in [6.07, 6.45) is 2.13. The SMILES string of the molecule is CCCCOc1ccc2[nH]c(C)c(CN3CCN(CC)CC3)c(=O)c2c1. The van der Waals surface area contributed by atoms with Crippen LogP contribution in [0.1, 0.15) is 37.9 Å². The number of ether oxygens (including phenoxy) is 1. The molecule has 1 aliphatic rings. The van der Waals surface area contributed by atoms with Gasteiger partial charge in [-0.25, -0.2) is 0 Å². The Morgan fingerprint density at radius 3 is 2.54 bits per heavy atom. The molecule has 2 heterocycles. The van der Waals surface area contributed by atoms with Crippen molar-refractivity contribution in [2.24, 2.45) is 0 Å². The van der Waals surface area contributed by atoms with Gasteiger partial charge in [-0.15, -0.1) is 0 Å². The molecule has 1 saturated heterocycles. The molecule has 0 spiro atoms. The number of benzene rings is 1. The van der Waals surface area contributed by atoms with Gasteiger partial charge < -0.3 is 14.6 Å². The highest BCUT2D eigenvalue weighted by Crippen LogP contribution is 2.20. The first kappa shape index (κ1) is 18.9. The van der Waals surface area contributed by atoms with E-state index in [1.54, 1.807) is 0 Å². The van der Waals surface area contributed by atoms with Crippen LogP contribution in [0.3, 0.4) is 0 Å². The lowest BCUT2D eigenvalue weighted by molar-refractivity contribution is 0.131. The Bertz CT molecular complexity index is 792. The second-order valence-corrected chi connectivity index (χ2v) is 7.18. The molecule has 1 aliphatic heterocycles. The van der Waals surface area contributed by atoms with Crippen molar-refractivity contribution < 1.29 is 4.74 Å². The topological polar surface area (TPSA) is 48.6 Å². The first-order valence-corrected chi connectivity index (χ1v) is 9.85. The maximum atomic E-state index is 13.1. The van der Waals surface area contributed by atoms with Gasteiger partial charge in [-0.2, -0.15) is 0 Å². The molecule has 0 atom stereocenters. The van der Waals surface area contributed by atoms with Gasteiger partial charge in [0.05, 0.1) is 6.61 Å². The molecule has 0 saturated carbocycles. The van der Waals surface area contributed by atoms with Gasteiger partial charge in [0, 0.05) is 54.9 Å². The fraction of sp³-hybridized carbons (Fsp3) is 0.571. The van der Waals surface area contributed by atoms with Crippen LogP contribution < -0.4 is 10.2 Å². The van der Waals surface area contributed by atoms with Crippen molar-refractivity contribution in [3.63, 3.8) is 0 Å². The predicted octanol–water partition coefficient (Wildman–Crippen LogP) is 3.15. The molecular formula is C21H31N3O2. The van der Waals surface area contributed by atoms with E-state index in [9.17, 15) is 4.79 Å². The summed E-state index contributed by atoms with van der Waals surface area (Å²) in [5.41, 5.74) is 2.87. The van der Waals surface area contributed by atoms with E-state index < -0.39 is 0 Å². The van der Waals surface area contributed by atoms with Crippen molar-refractivity contribution in [3.05, 3.63) is 39.7 Å². The third-order valence-corrected chi connectivity index (χ3v) is 5.35. The molecule has 0 unspecified atom stereocenters. The fourth-order valence-corrected chi connectivity index (χ4v) is 3.53. The Labute approximate surface area is 156 Å². The van der Waals surface area contributed by atoms with Gasteiger partial charge in [-0.3, -0.25) is 9.69 Å². The molecular weight excluding hydrogens is 326 g/mol. The quantitative estimate of drug-likeness (QED) is 0.774. The number of hydrogen-bond donors (Lipinski definition) is 1. The van der Waals surface area contributed by atoms with Crippen LogP contribution in [-0.4, -0.2) is 54.1 Å². The number of pyridine rings is 1. The van der Waals surface area contributed by atoms with Gasteiger partial charge >= 0.3 is 0 Å². The monoisotopic (exact) mass is 357 g/mol. The summed E-state index contributed by atoms with van der Waals surface area (Å²) in [5, 5.41) is 0.729. The van der Waals surface area contributed by atoms with E-state index in [1.165, 1.54) is 0 Å². The molecule has 1 aromatic heterocycles. The van der Waals surface area contributed by atoms with Gasteiger partial charge in [0.25, 0.3) is 0 Å². The summed E-state index contributed by atoms with van der Waals surface area (Å²) in [4.78, 5) is 21.4. The number of nitrogens with zero attached hydrogens (tertiary/aromatic N) is 2. The molecule has 26 heavy (non-hydrogen) atoms. The minimum Gasteiger partial charge on any atom is -0.494 e. The number of aryl methyl sites for hydroxylation is 1. The lowest BCUT2D eigenvalue weighted by Gasteiger charge is -2.34. The van der Waals surface area contributed by atoms with E-state index in [0.29, 0.717) is 6.61 Å². The number of aromatic nitrogens is 1. The molecule has 5 nitrogen and oxygen atoms in total. The van der Waals surface area contributed by atoms with Crippen LogP contribution in [0.2, 0.25) is 0 Å². The summed E-state index contributed by atoms with van der Waals surface area (Å²) in [6.45, 7) is 13.1. The van der Waals surface area contributed by atoms with E-state index >= 15 is 0 Å². The number of aromatic amines is 1. The van der Waals surface area contributed by atoms with Gasteiger partial charge in [0.2, 0.25) is 0 Å². The number of H-pyrrole nitrogens is 1. The zero-order valence-electron chi connectivity index (χ0n) is 16.3. The van der Waals surface area contributed by atoms with E-state index in [0.717, 1.165) is 80.0 Å². The summed E-state index contributed by atoms with van der Waals surface area (Å²) in [7, 11) is 0. The maximum absolute atomic E-state index is 13.1. The molecule has 0 aliphatic carbocycles. The summed E-state index contributed by atoms with van der Waals surface area (Å²) in [6, 6.07) is 5.79. The number of unbranched alkanes of at least 4 members (excludes halogenated alkanes) is 1. The number of fused-ring (bicyclic) bond motifs is 1. The van der Waals surface area contributed by atoms with Crippen LogP contribution in [-0.2, 0) is 6.54 Å². The first-order valence-electron chi connectivity index (χ1n) is 9.85. The van der Waals surface area contributed by atoms with E-state index in [-0.39, 0.29) is 5.43 Å². The Hall–Kier alpha value is -1.85. The predicted molar refractivity (Wildman–Crippen MR) is 107 cm³/mol. The number of nitrogens with one attached hydrogen (secondary N) is 1. The van der Waals surface area contributed by atoms with Crippen LogP contribution in [0.15, 0.2) is 23.0 Å². The molecule has 2 aromatic rings. The zero-order valence-corrected chi connectivity index (χ0v) is 16.3. The maximum Gasteiger partial charge on any atom is 0.194 e. The van der Waals surface area contributed by atoms with Gasteiger partial charge in [0.1, 0.15) is 5.75 Å². The van der Waals surface area contributed by atoms with Crippen molar-refractivity contribution >= 4 is 10.9 Å². The summed E-state index contributed by atoms with van der Waals surface area (Å²) >= 11 is 0. The Kier molecular flexibility index (Phi) is 6.33. The van der Waals surface area contributed by atoms with E-state index in [1.807, 2.05) is 25.1 Å². The highest BCUT2D eigenvalue weighted by molar-refractivity contribution is 5.81. The van der Waals surface area contributed by atoms with Crippen molar-refractivity contribution in [3.8, 4) is 5.75 Å². The van der Waals surface area contributed by atoms with Crippen LogP contribution in [0, 0.1) is 6.92 Å². The standard InChI is InChI=1S/C21H31N3O2/c1-4-6-13-26-17-7-8-20-18(14-17)21(25)19(16(3)22-20)15-24-11-9-23(5-2)10-12-24/h7-8,14H,4-6,9-13,15H2,1-3H3,(H,22,25). The molecule has 3 rings (SSSR count). The van der Waals surface area contributed by atoms with Gasteiger partial charge in [-0.05, 0) is 38.1 Å². The fourth-order valence-electron chi connectivity index (χ4n) is 3.53. The third-order valence-electron chi connectivity index (χ3n) is 5.35. The van der Waals surface area contributed by atoms with Crippen molar-refractivity contribution in [2.45, 2.75) is 40.2 Å². The molecule has 1 N–H and O–H groups in total. The van der Waals surface area contributed by atoms with Crippen molar-refractivity contribution in [2.75, 3.05) is 39.3 Å². The average Bonchev–Trinajstić information content (AvgIpc) is 2.66. The lowest BCUT2D eigenvalue weighted by Crippen LogP contribution is -2.46. The Morgan fingerprint density at radius 1 is 1.12 bits per heavy atom. The number of hydrogen-bond acceptors (Lipinski definition) is 4. The van der Waals surface area contributed by atoms with Gasteiger partial charge in [-0.1, -0.05) is 20.3 Å². The molecule has 1 fully saturated rings. The average molecular weight is 357 g/mol. The Morgan fingerprint density at radius 2 is 1.85 bits per heavy atom. The summed E-state index contributed by atoms with van der Waals surface area (Å²) in [5.74, 6) is 0.780. The zero-order chi connectivity index (χ0) is 18.5. The largest absolute Gasteiger partial charge is 0.494 e. The van der Waals surface area contributed by atoms with Crippen molar-refractivity contribution in [1.29, 1.82) is 0 Å². The van der Waals surface area contributed by atoms with Crippen LogP contribution in [0.25, 0.3) is 10.9 Å². The van der Waals surface area contributed by atoms with E-state index in [4.69, 9.17) is 4.74 Å². The summed E-state index contributed by atoms with van der Waals surface area (Å²) < 4.78 is 5.79. The van der Waals surface area contributed by atoms with Crippen LogP contribution >= 0.6 is 0 Å². The molecule has 5 heteroatoms. The number of piperazine rings is 1. The number of likely N-dealkylation sites (N-methyl/N-ethyl adjacent to an activating group) is 1. The van der Waals surface area contributed by atoms with Crippen molar-refractivity contribution in [1.82, 2.24) is 14.8 Å². The normalized spacial score (nSPS) is 16.3. The highest BCUT2D eigenvalue weighted by Gasteiger charge is 2.18. The molecule has 142 valence electrons. The second kappa shape index (κ2) is 8.69. The minimum absolute atomic E-state index is 0.134. The lowest BCUT2D eigenvalue weighted by atomic mass is 10.1. The minimum atomic E-state index is 0.134. The first-order chi connectivity index (χ1) is 12.6. The smallest absolute Gasteiger partial charge is 0.194 e. The highest BCUT2D eigenvalue weighted by atomic mass is 16.5. The molecule has 0 amide bonds. The van der Waals surface area contributed by atoms with Crippen LogP contribution in [0.4, 0.5) is 0 Å². The van der Waals surface area contributed by atoms with Crippen LogP contribution in [0.5, 0.6) is 5.75 Å². The molecule has 1 aromatic carbocycles. The molecule has 0 radical (unpaired) electrons.